The van der Waals surface area contributed by atoms with Crippen LogP contribution >= 0.6 is 0 Å². The zero-order chi connectivity index (χ0) is 59.4. The van der Waals surface area contributed by atoms with E-state index in [1.165, 1.54) is 16.3 Å². The van der Waals surface area contributed by atoms with Crippen LogP contribution in [0.3, 0.4) is 0 Å². The number of aromatic nitrogens is 7. The minimum Gasteiger partial charge on any atom is -0.309 e. The highest BCUT2D eigenvalue weighted by molar-refractivity contribution is 6.17. The van der Waals surface area contributed by atoms with Gasteiger partial charge in [-0.15, -0.1) is 0 Å². The van der Waals surface area contributed by atoms with Gasteiger partial charge in [0, 0.05) is 65.5 Å². The molecule has 0 fully saturated rings. The maximum Gasteiger partial charge on any atom is 0.168 e. The minimum absolute atomic E-state index is 0.402. The number of para-hydroxylation sites is 7. The van der Waals surface area contributed by atoms with Crippen LogP contribution in [0.25, 0.3) is 166 Å². The van der Waals surface area contributed by atoms with E-state index in [4.69, 9.17) is 15.0 Å². The molecular weight excluding hydrogens is 1100 g/mol. The van der Waals surface area contributed by atoms with E-state index in [1.54, 1.807) is 0 Å². The monoisotopic (exact) mass is 1150 g/mol. The number of benzene rings is 13. The number of hydrogen-bond acceptors (Lipinski definition) is 4. The summed E-state index contributed by atoms with van der Waals surface area (Å²) in [6, 6.07) is 110. The molecule has 0 unspecified atom stereocenters. The SMILES string of the molecule is N#Cc1c(-c2ccc(-n3c4ccccc4c4cc(-c5ccccc5)ccc43)cc2)c(-n2c3ccccc3c3ccccc32)c(-n2c3ccccc3c3ccccc32)c(-c2nc(-c3ccccc3)nc(-c3ccccc3)n2)c1-n1c2ccccc2c2ccccc21. The van der Waals surface area contributed by atoms with Gasteiger partial charge in [0.2, 0.25) is 0 Å². The molecule has 8 heteroatoms. The van der Waals surface area contributed by atoms with Gasteiger partial charge in [0.1, 0.15) is 6.07 Å². The normalized spacial score (nSPS) is 11.8. The fraction of sp³-hybridized carbons (Fsp3) is 0. The highest BCUT2D eigenvalue weighted by atomic mass is 15.1. The molecule has 13 aromatic carbocycles. The van der Waals surface area contributed by atoms with Gasteiger partial charge in [-0.3, -0.25) is 0 Å². The number of nitriles is 1. The van der Waals surface area contributed by atoms with Gasteiger partial charge < -0.3 is 18.3 Å². The van der Waals surface area contributed by atoms with E-state index in [0.717, 1.165) is 121 Å². The molecule has 90 heavy (non-hydrogen) atoms. The molecule has 18 rings (SSSR count). The van der Waals surface area contributed by atoms with Crippen molar-refractivity contribution in [1.29, 1.82) is 5.26 Å². The van der Waals surface area contributed by atoms with Crippen molar-refractivity contribution in [1.82, 2.24) is 33.2 Å². The maximum atomic E-state index is 13.0. The molecule has 0 spiro atoms. The van der Waals surface area contributed by atoms with Crippen molar-refractivity contribution in [3.8, 4) is 85.2 Å². The van der Waals surface area contributed by atoms with Gasteiger partial charge in [0.25, 0.3) is 0 Å². The summed E-state index contributed by atoms with van der Waals surface area (Å²) in [7, 11) is 0. The van der Waals surface area contributed by atoms with Gasteiger partial charge in [0.05, 0.1) is 72.3 Å². The highest BCUT2D eigenvalue weighted by Crippen LogP contribution is 2.52. The molecule has 0 bridgehead atoms. The first-order valence-electron chi connectivity index (χ1n) is 30.3. The molecule has 0 saturated heterocycles. The van der Waals surface area contributed by atoms with Crippen LogP contribution in [0.15, 0.2) is 303 Å². The quantitative estimate of drug-likeness (QED) is 0.144. The summed E-state index contributed by atoms with van der Waals surface area (Å²) in [6.45, 7) is 0. The smallest absolute Gasteiger partial charge is 0.168 e. The van der Waals surface area contributed by atoms with Crippen LogP contribution in [-0.4, -0.2) is 33.2 Å². The first kappa shape index (κ1) is 50.8. The van der Waals surface area contributed by atoms with Crippen LogP contribution in [-0.2, 0) is 0 Å². The van der Waals surface area contributed by atoms with Crippen LogP contribution < -0.4 is 0 Å². The molecule has 0 saturated carbocycles. The molecule has 0 aliphatic carbocycles. The first-order valence-corrected chi connectivity index (χ1v) is 30.3. The maximum absolute atomic E-state index is 13.0. The summed E-state index contributed by atoms with van der Waals surface area (Å²) in [5, 5.41) is 21.7. The second kappa shape index (κ2) is 20.3. The van der Waals surface area contributed by atoms with Crippen molar-refractivity contribution >= 4 is 87.2 Å². The summed E-state index contributed by atoms with van der Waals surface area (Å²) in [4.78, 5) is 16.8. The summed E-state index contributed by atoms with van der Waals surface area (Å²) < 4.78 is 9.50. The van der Waals surface area contributed by atoms with Gasteiger partial charge in [-0.2, -0.15) is 5.26 Å². The predicted molar refractivity (Wildman–Crippen MR) is 369 cm³/mol. The Morgan fingerprint density at radius 2 is 0.544 bits per heavy atom. The molecule has 0 N–H and O–H groups in total. The lowest BCUT2D eigenvalue weighted by Crippen LogP contribution is -2.15. The Labute approximate surface area is 516 Å². The van der Waals surface area contributed by atoms with Gasteiger partial charge in [-0.25, -0.2) is 15.0 Å². The Bertz CT molecular complexity index is 5750. The van der Waals surface area contributed by atoms with Crippen LogP contribution in [0.5, 0.6) is 0 Å². The third-order valence-corrected chi connectivity index (χ3v) is 18.1. The van der Waals surface area contributed by atoms with Gasteiger partial charge in [-0.05, 0) is 83.4 Å². The largest absolute Gasteiger partial charge is 0.309 e. The van der Waals surface area contributed by atoms with Crippen molar-refractivity contribution in [3.63, 3.8) is 0 Å². The second-order valence-corrected chi connectivity index (χ2v) is 22.9. The first-order chi connectivity index (χ1) is 44.7. The Kier molecular flexibility index (Phi) is 11.5. The van der Waals surface area contributed by atoms with E-state index < -0.39 is 0 Å². The topological polar surface area (TPSA) is 82.2 Å². The van der Waals surface area contributed by atoms with E-state index in [9.17, 15) is 5.26 Å². The predicted octanol–water partition coefficient (Wildman–Crippen LogP) is 20.5. The number of rotatable bonds is 9. The van der Waals surface area contributed by atoms with E-state index in [-0.39, 0.29) is 0 Å². The molecule has 8 nitrogen and oxygen atoms in total. The minimum atomic E-state index is 0.402. The van der Waals surface area contributed by atoms with Gasteiger partial charge >= 0.3 is 0 Å². The van der Waals surface area contributed by atoms with E-state index in [0.29, 0.717) is 34.3 Å². The fourth-order valence-corrected chi connectivity index (χ4v) is 14.2. The number of fused-ring (bicyclic) bond motifs is 12. The summed E-state index contributed by atoms with van der Waals surface area (Å²) in [5.41, 5.74) is 17.8. The standard InChI is InChI=1S/C82H50N8/c83-51-66-75(53-44-47-57(48-45-53)87-67-37-17-16-36-64(67)65-50-56(46-49-74(65)87)52-24-4-1-5-25-52)78(89-70-40-20-12-32-60(70)61-33-13-21-41-71(61)89)79(90-72-42-22-14-34-62(72)63-35-15-23-43-73(63)90)76(77(66)88-68-38-18-10-30-58(68)59-31-11-19-39-69(59)88)82-85-80(54-26-6-2-7-27-54)84-81(86-82)55-28-8-3-9-29-55/h1-50H. The van der Waals surface area contributed by atoms with Crippen molar-refractivity contribution in [2.45, 2.75) is 0 Å². The average Bonchev–Trinajstić information content (AvgIpc) is 1.47. The molecule has 0 aliphatic heterocycles. The van der Waals surface area contributed by atoms with Crippen molar-refractivity contribution in [2.75, 3.05) is 0 Å². The zero-order valence-corrected chi connectivity index (χ0v) is 48.4. The number of nitrogens with zero attached hydrogens (tertiary/aromatic N) is 8. The molecule has 5 heterocycles. The zero-order valence-electron chi connectivity index (χ0n) is 48.4. The second-order valence-electron chi connectivity index (χ2n) is 22.9. The van der Waals surface area contributed by atoms with Crippen LogP contribution in [0, 0.1) is 11.3 Å². The van der Waals surface area contributed by atoms with Gasteiger partial charge in [0.15, 0.2) is 17.5 Å². The van der Waals surface area contributed by atoms with Crippen LogP contribution in [0.4, 0.5) is 0 Å². The third kappa shape index (κ3) is 7.70. The molecule has 0 aliphatic rings. The molecule has 0 atom stereocenters. The number of hydrogen-bond donors (Lipinski definition) is 0. The van der Waals surface area contributed by atoms with Crippen LogP contribution in [0.2, 0.25) is 0 Å². The molecule has 0 radical (unpaired) electrons. The van der Waals surface area contributed by atoms with Gasteiger partial charge in [-0.1, -0.05) is 237 Å². The van der Waals surface area contributed by atoms with Crippen LogP contribution in [0.1, 0.15) is 5.56 Å². The summed E-state index contributed by atoms with van der Waals surface area (Å²) >= 11 is 0. The lowest BCUT2D eigenvalue weighted by molar-refractivity contribution is 1.03. The Hall–Kier alpha value is -12.4. The third-order valence-electron chi connectivity index (χ3n) is 18.1. The van der Waals surface area contributed by atoms with Crippen molar-refractivity contribution in [2.24, 2.45) is 0 Å². The molecule has 5 aromatic heterocycles. The lowest BCUT2D eigenvalue weighted by Gasteiger charge is -2.28. The van der Waals surface area contributed by atoms with Crippen molar-refractivity contribution in [3.05, 3.63) is 309 Å². The molecule has 0 amide bonds. The Balaban J connectivity index is 1.06. The van der Waals surface area contributed by atoms with E-state index in [1.807, 2.05) is 60.7 Å². The average molecular weight is 1150 g/mol. The van der Waals surface area contributed by atoms with E-state index in [2.05, 4.69) is 267 Å². The molecule has 418 valence electrons. The highest BCUT2D eigenvalue weighted by Gasteiger charge is 2.35. The Morgan fingerprint density at radius 3 is 0.956 bits per heavy atom. The molecular formula is C82H50N8. The molecule has 18 aromatic rings. The fourth-order valence-electron chi connectivity index (χ4n) is 14.2. The summed E-state index contributed by atoms with van der Waals surface area (Å²) in [6.07, 6.45) is 0. The summed E-state index contributed by atoms with van der Waals surface area (Å²) in [5.74, 6) is 1.40. The Morgan fingerprint density at radius 1 is 0.233 bits per heavy atom. The van der Waals surface area contributed by atoms with E-state index >= 15 is 0 Å². The lowest BCUT2D eigenvalue weighted by atomic mass is 9.90. The van der Waals surface area contributed by atoms with Crippen molar-refractivity contribution < 1.29 is 0 Å².